The van der Waals surface area contributed by atoms with Gasteiger partial charge in [-0.25, -0.2) is 0 Å². The molecule has 0 saturated heterocycles. The molecule has 0 aliphatic rings. The minimum absolute atomic E-state index is 0.421. The van der Waals surface area contributed by atoms with Crippen LogP contribution in [0.5, 0.6) is 0 Å². The highest BCUT2D eigenvalue weighted by Crippen LogP contribution is 2.23. The van der Waals surface area contributed by atoms with Gasteiger partial charge in [0.15, 0.2) is 0 Å². The fourth-order valence-corrected chi connectivity index (χ4v) is 4.61. The number of ketones is 1. The van der Waals surface area contributed by atoms with Gasteiger partial charge >= 0.3 is 0 Å². The van der Waals surface area contributed by atoms with E-state index in [0.29, 0.717) is 17.3 Å². The number of Topliss-reactive ketones (excluding diaryl/α,β-unsaturated/α-hetero) is 1. The monoisotopic (exact) mass is 487 g/mol. The first-order valence-electron chi connectivity index (χ1n) is 11.7. The third-order valence-electron chi connectivity index (χ3n) is 4.99. The van der Waals surface area contributed by atoms with Crippen molar-refractivity contribution in [2.45, 2.75) is 105 Å². The molecule has 1 unspecified atom stereocenters. The van der Waals surface area contributed by atoms with Crippen LogP contribution in [0.2, 0.25) is 0 Å². The molecule has 0 spiro atoms. The van der Waals surface area contributed by atoms with Crippen LogP contribution in [0.3, 0.4) is 0 Å². The molecular weight excluding hydrogens is 446 g/mol. The Labute approximate surface area is 191 Å². The Morgan fingerprint density at radius 3 is 1.93 bits per heavy atom. The Morgan fingerprint density at radius 2 is 1.41 bits per heavy atom. The second kappa shape index (κ2) is 19.3. The third kappa shape index (κ3) is 14.0. The number of hydrogen-bond donors (Lipinski definition) is 1. The lowest BCUT2D eigenvalue weighted by Crippen LogP contribution is -2.34. The third-order valence-corrected chi connectivity index (χ3v) is 6.61. The Balaban J connectivity index is 0.00000379. The second-order valence-corrected chi connectivity index (χ2v) is 9.88. The summed E-state index contributed by atoms with van der Waals surface area (Å²) in [5, 5.41) is 2.90. The van der Waals surface area contributed by atoms with Gasteiger partial charge in [0.2, 0.25) is 0 Å². The first-order valence-corrected chi connectivity index (χ1v) is 13.3. The topological polar surface area (TPSA) is 46.2 Å². The van der Waals surface area contributed by atoms with Gasteiger partial charge in [0.25, 0.3) is 11.7 Å². The summed E-state index contributed by atoms with van der Waals surface area (Å²) < 4.78 is 0.871. The summed E-state index contributed by atoms with van der Waals surface area (Å²) >= 11 is 4.65. The Kier molecular flexibility index (Phi) is 18.8. The van der Waals surface area contributed by atoms with Crippen LogP contribution < -0.4 is 5.32 Å². The second-order valence-electron chi connectivity index (χ2n) is 7.41. The van der Waals surface area contributed by atoms with E-state index >= 15 is 0 Å². The molecule has 0 aliphatic heterocycles. The summed E-state index contributed by atoms with van der Waals surface area (Å²) in [6, 6.07) is 3.51. The quantitative estimate of drug-likeness (QED) is 0.145. The van der Waals surface area contributed by atoms with Gasteiger partial charge in [-0.3, -0.25) is 9.59 Å². The van der Waals surface area contributed by atoms with Crippen LogP contribution >= 0.6 is 27.3 Å². The molecule has 5 heteroatoms. The summed E-state index contributed by atoms with van der Waals surface area (Å²) in [6.45, 7) is 9.09. The van der Waals surface area contributed by atoms with Crippen molar-refractivity contribution in [1.82, 2.24) is 5.32 Å². The van der Waals surface area contributed by atoms with Crippen molar-refractivity contribution in [1.29, 1.82) is 0 Å². The lowest BCUT2D eigenvalue weighted by atomic mass is 9.94. The lowest BCUT2D eigenvalue weighted by Gasteiger charge is -2.17. The van der Waals surface area contributed by atoms with E-state index in [9.17, 15) is 9.59 Å². The Bertz CT molecular complexity index is 545. The number of thiophene rings is 1. The highest BCUT2D eigenvalue weighted by Gasteiger charge is 2.19. The van der Waals surface area contributed by atoms with Crippen LogP contribution in [0, 0.1) is 5.92 Å². The molecule has 1 N–H and O–H groups in total. The molecule has 3 nitrogen and oxygen atoms in total. The molecule has 1 rings (SSSR count). The fraction of sp³-hybridized carbons (Fsp3) is 0.750. The van der Waals surface area contributed by atoms with Gasteiger partial charge in [0.1, 0.15) is 0 Å². The Morgan fingerprint density at radius 1 is 0.897 bits per heavy atom. The zero-order chi connectivity index (χ0) is 21.9. The predicted octanol–water partition coefficient (Wildman–Crippen LogP) is 8.17. The maximum absolute atomic E-state index is 12.2. The number of halogens is 1. The van der Waals surface area contributed by atoms with Crippen LogP contribution in [-0.4, -0.2) is 18.2 Å². The van der Waals surface area contributed by atoms with E-state index in [2.05, 4.69) is 35.1 Å². The van der Waals surface area contributed by atoms with Crippen LogP contribution in [-0.2, 0) is 4.79 Å². The zero-order valence-corrected chi connectivity index (χ0v) is 21.4. The summed E-state index contributed by atoms with van der Waals surface area (Å²) in [6.07, 6.45) is 15.1. The van der Waals surface area contributed by atoms with E-state index in [1.54, 1.807) is 12.1 Å². The number of nitrogens with one attached hydrogen (secondary N) is 1. The number of carbonyl (C=O) groups is 2. The molecular formula is C24H42BrNO2S. The molecule has 0 fully saturated rings. The van der Waals surface area contributed by atoms with Crippen molar-refractivity contribution < 1.29 is 9.59 Å². The molecule has 1 aromatic rings. The van der Waals surface area contributed by atoms with Gasteiger partial charge in [-0.2, -0.15) is 0 Å². The molecule has 0 bridgehead atoms. The number of hydrogen-bond acceptors (Lipinski definition) is 3. The summed E-state index contributed by atoms with van der Waals surface area (Å²) in [5.74, 6) is -0.402. The smallest absolute Gasteiger partial charge is 0.293 e. The van der Waals surface area contributed by atoms with Crippen molar-refractivity contribution >= 4 is 39.0 Å². The van der Waals surface area contributed by atoms with Crippen molar-refractivity contribution in [2.75, 3.05) is 6.54 Å². The molecule has 0 aliphatic carbocycles. The van der Waals surface area contributed by atoms with Gasteiger partial charge in [-0.1, -0.05) is 91.9 Å². The fourth-order valence-electron chi connectivity index (χ4n) is 3.29. The van der Waals surface area contributed by atoms with Crippen LogP contribution in [0.25, 0.3) is 0 Å². The van der Waals surface area contributed by atoms with E-state index in [1.165, 1.54) is 75.5 Å². The molecule has 0 saturated carbocycles. The number of rotatable bonds is 16. The maximum Gasteiger partial charge on any atom is 0.293 e. The van der Waals surface area contributed by atoms with Crippen LogP contribution in [0.15, 0.2) is 15.9 Å². The molecule has 1 heterocycles. The molecule has 1 atom stereocenters. The maximum atomic E-state index is 12.2. The zero-order valence-electron chi connectivity index (χ0n) is 19.0. The average molecular weight is 489 g/mol. The van der Waals surface area contributed by atoms with E-state index in [1.807, 2.05) is 13.8 Å². The number of amides is 1. The SMILES string of the molecule is CC.CCCCCCCCC(CCCCCC)CNC(=O)C(=O)c1ccc(Br)s1. The predicted molar refractivity (Wildman–Crippen MR) is 131 cm³/mol. The van der Waals surface area contributed by atoms with Gasteiger partial charge in [0, 0.05) is 6.54 Å². The largest absolute Gasteiger partial charge is 0.349 e. The number of carbonyl (C=O) groups excluding carboxylic acids is 2. The molecule has 168 valence electrons. The van der Waals surface area contributed by atoms with Gasteiger partial charge in [-0.15, -0.1) is 11.3 Å². The molecule has 0 aromatic carbocycles. The van der Waals surface area contributed by atoms with Crippen molar-refractivity contribution in [3.8, 4) is 0 Å². The summed E-state index contributed by atoms with van der Waals surface area (Å²) in [5.41, 5.74) is 0. The lowest BCUT2D eigenvalue weighted by molar-refractivity contribution is -0.117. The highest BCUT2D eigenvalue weighted by atomic mass is 79.9. The van der Waals surface area contributed by atoms with E-state index in [4.69, 9.17) is 0 Å². The van der Waals surface area contributed by atoms with E-state index < -0.39 is 11.7 Å². The van der Waals surface area contributed by atoms with Crippen molar-refractivity contribution in [2.24, 2.45) is 5.92 Å². The van der Waals surface area contributed by atoms with Gasteiger partial charge < -0.3 is 5.32 Å². The minimum atomic E-state index is -0.467. The van der Waals surface area contributed by atoms with Crippen LogP contribution in [0.1, 0.15) is 114 Å². The van der Waals surface area contributed by atoms with Crippen LogP contribution in [0.4, 0.5) is 0 Å². The first-order chi connectivity index (χ1) is 14.1. The molecule has 1 amide bonds. The highest BCUT2D eigenvalue weighted by molar-refractivity contribution is 9.11. The van der Waals surface area contributed by atoms with E-state index in [0.717, 1.165) is 16.6 Å². The number of unbranched alkanes of at least 4 members (excludes halogenated alkanes) is 8. The molecule has 0 radical (unpaired) electrons. The average Bonchev–Trinajstić information content (AvgIpc) is 3.18. The standard InChI is InChI=1S/C22H36BrNO2S.C2H6/c1-3-5-7-9-10-12-14-18(13-11-8-6-4-2)17-24-22(26)21(25)19-15-16-20(23)27-19;1-2/h15-16,18H,3-14,17H2,1-2H3,(H,24,26);1-2H3. The first kappa shape index (κ1) is 28.3. The van der Waals surface area contributed by atoms with E-state index in [-0.39, 0.29) is 0 Å². The Hall–Kier alpha value is -0.680. The summed E-state index contributed by atoms with van der Waals surface area (Å²) in [4.78, 5) is 24.9. The summed E-state index contributed by atoms with van der Waals surface area (Å²) in [7, 11) is 0. The van der Waals surface area contributed by atoms with Gasteiger partial charge in [0.05, 0.1) is 8.66 Å². The van der Waals surface area contributed by atoms with Crippen molar-refractivity contribution in [3.05, 3.63) is 20.8 Å². The minimum Gasteiger partial charge on any atom is -0.349 e. The molecule has 1 aromatic heterocycles. The normalized spacial score (nSPS) is 11.5. The van der Waals surface area contributed by atoms with Gasteiger partial charge in [-0.05, 0) is 46.8 Å². The molecule has 29 heavy (non-hydrogen) atoms. The van der Waals surface area contributed by atoms with Crippen molar-refractivity contribution in [3.63, 3.8) is 0 Å².